The molecule has 0 radical (unpaired) electrons. The molecule has 0 aromatic heterocycles. The molecule has 9 heteroatoms. The maximum absolute atomic E-state index is 13.7. The van der Waals surface area contributed by atoms with Gasteiger partial charge in [-0.05, 0) is 43.4 Å². The van der Waals surface area contributed by atoms with Gasteiger partial charge in [0.25, 0.3) is 15.9 Å². The summed E-state index contributed by atoms with van der Waals surface area (Å²) < 4.78 is 54.0. The van der Waals surface area contributed by atoms with Crippen molar-refractivity contribution in [2.75, 3.05) is 37.9 Å². The lowest BCUT2D eigenvalue weighted by Crippen LogP contribution is -2.47. The first-order valence-corrected chi connectivity index (χ1v) is 9.81. The van der Waals surface area contributed by atoms with Crippen LogP contribution in [0.15, 0.2) is 47.4 Å². The highest BCUT2D eigenvalue weighted by Gasteiger charge is 2.22. The molecule has 1 aliphatic heterocycles. The number of hydrogen-bond acceptors (Lipinski definition) is 4. The third kappa shape index (κ3) is 4.25. The zero-order valence-electron chi connectivity index (χ0n) is 14.7. The van der Waals surface area contributed by atoms with Crippen molar-refractivity contribution in [1.29, 1.82) is 0 Å². The number of carbonyl (C=O) groups is 1. The Kier molecular flexibility index (Phi) is 5.43. The Hall–Kier alpha value is -2.52. The first-order valence-electron chi connectivity index (χ1n) is 8.32. The molecule has 2 aromatic rings. The van der Waals surface area contributed by atoms with Crippen LogP contribution in [-0.2, 0) is 10.0 Å². The molecule has 1 saturated heterocycles. The van der Waals surface area contributed by atoms with Gasteiger partial charge in [0, 0.05) is 31.7 Å². The minimum atomic E-state index is -4.19. The number of benzene rings is 2. The minimum absolute atomic E-state index is 0.180. The summed E-state index contributed by atoms with van der Waals surface area (Å²) in [4.78, 5) is 16.1. The number of nitrogens with zero attached hydrogens (tertiary/aromatic N) is 2. The fourth-order valence-electron chi connectivity index (χ4n) is 2.76. The van der Waals surface area contributed by atoms with E-state index in [1.165, 1.54) is 24.3 Å². The van der Waals surface area contributed by atoms with Crippen LogP contribution in [-0.4, -0.2) is 57.4 Å². The van der Waals surface area contributed by atoms with E-state index in [-0.39, 0.29) is 10.8 Å². The number of anilines is 1. The van der Waals surface area contributed by atoms with Crippen molar-refractivity contribution in [3.63, 3.8) is 0 Å². The first kappa shape index (κ1) is 19.2. The van der Waals surface area contributed by atoms with Crippen molar-refractivity contribution in [3.8, 4) is 0 Å². The molecule has 1 amide bonds. The second-order valence-corrected chi connectivity index (χ2v) is 8.00. The van der Waals surface area contributed by atoms with Gasteiger partial charge in [-0.1, -0.05) is 6.07 Å². The van der Waals surface area contributed by atoms with Gasteiger partial charge in [0.1, 0.15) is 17.3 Å². The summed E-state index contributed by atoms with van der Waals surface area (Å²) in [7, 11) is -2.22. The molecule has 0 spiro atoms. The number of sulfonamides is 1. The highest BCUT2D eigenvalue weighted by Crippen LogP contribution is 2.22. The third-order valence-electron chi connectivity index (χ3n) is 4.40. The average molecular weight is 395 g/mol. The number of amides is 1. The first-order chi connectivity index (χ1) is 12.8. The third-order valence-corrected chi connectivity index (χ3v) is 5.77. The average Bonchev–Trinajstić information content (AvgIpc) is 2.65. The number of carbonyl (C=O) groups excluding carboxylic acids is 1. The largest absolute Gasteiger partial charge is 0.336 e. The van der Waals surface area contributed by atoms with Gasteiger partial charge in [-0.2, -0.15) is 0 Å². The van der Waals surface area contributed by atoms with E-state index in [1.807, 2.05) is 11.8 Å². The van der Waals surface area contributed by atoms with Crippen molar-refractivity contribution in [3.05, 3.63) is 59.7 Å². The van der Waals surface area contributed by atoms with E-state index in [1.54, 1.807) is 4.90 Å². The van der Waals surface area contributed by atoms with Gasteiger partial charge in [0.2, 0.25) is 0 Å². The van der Waals surface area contributed by atoms with Crippen LogP contribution < -0.4 is 4.72 Å². The molecule has 0 atom stereocenters. The number of hydrogen-bond donors (Lipinski definition) is 1. The van der Waals surface area contributed by atoms with Crippen LogP contribution in [0.25, 0.3) is 0 Å². The number of halogens is 2. The standard InChI is InChI=1S/C18H19F2N3O3S/c1-22-9-11-23(12-10-22)18(24)13-5-7-14(8-6-13)27(25,26)21-17-15(19)3-2-4-16(17)20/h2-8,21H,9-12H2,1H3. The summed E-state index contributed by atoms with van der Waals surface area (Å²) in [6.45, 7) is 2.75. The predicted molar refractivity (Wildman–Crippen MR) is 97.0 cm³/mol. The minimum Gasteiger partial charge on any atom is -0.336 e. The Morgan fingerprint density at radius 1 is 0.963 bits per heavy atom. The summed E-state index contributed by atoms with van der Waals surface area (Å²) in [5, 5.41) is 0. The van der Waals surface area contributed by atoms with E-state index in [9.17, 15) is 22.0 Å². The van der Waals surface area contributed by atoms with Gasteiger partial charge in [-0.15, -0.1) is 0 Å². The molecule has 1 N–H and O–H groups in total. The summed E-state index contributed by atoms with van der Waals surface area (Å²) in [5.74, 6) is -2.21. The lowest BCUT2D eigenvalue weighted by atomic mass is 10.2. The molecule has 0 aliphatic carbocycles. The van der Waals surface area contributed by atoms with E-state index in [0.717, 1.165) is 31.3 Å². The van der Waals surface area contributed by atoms with E-state index in [0.29, 0.717) is 18.7 Å². The number of rotatable bonds is 4. The number of likely N-dealkylation sites (N-methyl/N-ethyl adjacent to an activating group) is 1. The van der Waals surface area contributed by atoms with Crippen molar-refractivity contribution < 1.29 is 22.0 Å². The van der Waals surface area contributed by atoms with Crippen LogP contribution in [0.5, 0.6) is 0 Å². The molecular weight excluding hydrogens is 376 g/mol. The van der Waals surface area contributed by atoms with Crippen molar-refractivity contribution in [2.24, 2.45) is 0 Å². The summed E-state index contributed by atoms with van der Waals surface area (Å²) in [5.41, 5.74) is -0.384. The monoisotopic (exact) mass is 395 g/mol. The zero-order valence-corrected chi connectivity index (χ0v) is 15.5. The van der Waals surface area contributed by atoms with Gasteiger partial charge >= 0.3 is 0 Å². The van der Waals surface area contributed by atoms with E-state index < -0.39 is 27.3 Å². The SMILES string of the molecule is CN1CCN(C(=O)c2ccc(S(=O)(=O)Nc3c(F)cccc3F)cc2)CC1. The molecule has 0 unspecified atom stereocenters. The van der Waals surface area contributed by atoms with Crippen LogP contribution in [0, 0.1) is 11.6 Å². The van der Waals surface area contributed by atoms with Gasteiger partial charge in [-0.25, -0.2) is 17.2 Å². The molecule has 2 aromatic carbocycles. The van der Waals surface area contributed by atoms with Gasteiger partial charge in [0.05, 0.1) is 4.90 Å². The molecule has 0 bridgehead atoms. The molecule has 1 aliphatic rings. The normalized spacial score (nSPS) is 15.6. The molecule has 0 saturated carbocycles. The van der Waals surface area contributed by atoms with E-state index >= 15 is 0 Å². The molecular formula is C18H19F2N3O3S. The van der Waals surface area contributed by atoms with Crippen molar-refractivity contribution in [2.45, 2.75) is 4.90 Å². The Morgan fingerprint density at radius 3 is 2.07 bits per heavy atom. The summed E-state index contributed by atoms with van der Waals surface area (Å²) >= 11 is 0. The van der Waals surface area contributed by atoms with E-state index in [2.05, 4.69) is 4.90 Å². The Balaban J connectivity index is 1.77. The Bertz CT molecular complexity index is 921. The lowest BCUT2D eigenvalue weighted by Gasteiger charge is -2.32. The number of nitrogens with one attached hydrogen (secondary N) is 1. The quantitative estimate of drug-likeness (QED) is 0.861. The highest BCUT2D eigenvalue weighted by atomic mass is 32.2. The smallest absolute Gasteiger partial charge is 0.262 e. The van der Waals surface area contributed by atoms with Gasteiger partial charge in [-0.3, -0.25) is 9.52 Å². The number of para-hydroxylation sites is 1. The van der Waals surface area contributed by atoms with Crippen molar-refractivity contribution in [1.82, 2.24) is 9.80 Å². The Morgan fingerprint density at radius 2 is 1.52 bits per heavy atom. The van der Waals surface area contributed by atoms with Crippen LogP contribution >= 0.6 is 0 Å². The second-order valence-electron chi connectivity index (χ2n) is 6.32. The Labute approximate surface area is 156 Å². The molecule has 6 nitrogen and oxygen atoms in total. The summed E-state index contributed by atoms with van der Waals surface area (Å²) in [6, 6.07) is 8.33. The maximum Gasteiger partial charge on any atom is 0.262 e. The summed E-state index contributed by atoms with van der Waals surface area (Å²) in [6.07, 6.45) is 0. The lowest BCUT2D eigenvalue weighted by molar-refractivity contribution is 0.0664. The molecule has 27 heavy (non-hydrogen) atoms. The van der Waals surface area contributed by atoms with Gasteiger partial charge < -0.3 is 9.80 Å². The molecule has 144 valence electrons. The predicted octanol–water partition coefficient (Wildman–Crippen LogP) is 2.15. The maximum atomic E-state index is 13.7. The topological polar surface area (TPSA) is 69.7 Å². The van der Waals surface area contributed by atoms with E-state index in [4.69, 9.17) is 0 Å². The molecule has 1 fully saturated rings. The fraction of sp³-hybridized carbons (Fsp3) is 0.278. The zero-order chi connectivity index (χ0) is 19.6. The number of piperazine rings is 1. The van der Waals surface area contributed by atoms with Crippen LogP contribution in [0.1, 0.15) is 10.4 Å². The molecule has 1 heterocycles. The highest BCUT2D eigenvalue weighted by molar-refractivity contribution is 7.92. The fourth-order valence-corrected chi connectivity index (χ4v) is 3.83. The van der Waals surface area contributed by atoms with Crippen molar-refractivity contribution >= 4 is 21.6 Å². The van der Waals surface area contributed by atoms with Crippen LogP contribution in [0.3, 0.4) is 0 Å². The van der Waals surface area contributed by atoms with Gasteiger partial charge in [0.15, 0.2) is 0 Å². The van der Waals surface area contributed by atoms with Crippen LogP contribution in [0.2, 0.25) is 0 Å². The second kappa shape index (κ2) is 7.61. The van der Waals surface area contributed by atoms with Crippen LogP contribution in [0.4, 0.5) is 14.5 Å². The molecule has 3 rings (SSSR count).